The van der Waals surface area contributed by atoms with E-state index in [0.717, 1.165) is 11.0 Å². The minimum Gasteiger partial charge on any atom is -0.390 e. The Balaban J connectivity index is 1.87. The van der Waals surface area contributed by atoms with Gasteiger partial charge in [-0.05, 0) is 23.1 Å². The van der Waals surface area contributed by atoms with Crippen molar-refractivity contribution < 1.29 is 14.5 Å². The number of benzene rings is 1. The Morgan fingerprint density at radius 1 is 1.36 bits per heavy atom. The molecular formula is C11H9ClN6O4. The summed E-state index contributed by atoms with van der Waals surface area (Å²) in [7, 11) is 0. The van der Waals surface area contributed by atoms with Crippen molar-refractivity contribution in [3.8, 4) is 0 Å². The molecule has 0 bridgehead atoms. The third kappa shape index (κ3) is 3.99. The van der Waals surface area contributed by atoms with Gasteiger partial charge in [0.1, 0.15) is 6.54 Å². The van der Waals surface area contributed by atoms with Gasteiger partial charge in [0.15, 0.2) is 0 Å². The van der Waals surface area contributed by atoms with Gasteiger partial charge in [-0.3, -0.25) is 20.4 Å². The van der Waals surface area contributed by atoms with Crippen LogP contribution in [0.2, 0.25) is 5.02 Å². The first-order valence-electron chi connectivity index (χ1n) is 5.84. The number of carbonyl (C=O) groups is 2. The van der Waals surface area contributed by atoms with Gasteiger partial charge in [-0.1, -0.05) is 22.7 Å². The van der Waals surface area contributed by atoms with Crippen molar-refractivity contribution in [2.24, 2.45) is 0 Å². The Labute approximate surface area is 128 Å². The largest absolute Gasteiger partial charge is 0.490 e. The molecule has 1 aromatic heterocycles. The summed E-state index contributed by atoms with van der Waals surface area (Å²) in [6.45, 7) is -0.337. The molecule has 2 rings (SSSR count). The first kappa shape index (κ1) is 15.4. The van der Waals surface area contributed by atoms with Crippen molar-refractivity contribution in [1.29, 1.82) is 0 Å². The van der Waals surface area contributed by atoms with Crippen LogP contribution in [0.1, 0.15) is 10.4 Å². The second-order valence-corrected chi connectivity index (χ2v) is 4.45. The second kappa shape index (κ2) is 6.63. The zero-order valence-corrected chi connectivity index (χ0v) is 11.6. The highest BCUT2D eigenvalue weighted by Crippen LogP contribution is 2.10. The molecule has 2 amide bonds. The van der Waals surface area contributed by atoms with Gasteiger partial charge in [-0.25, -0.2) is 0 Å². The van der Waals surface area contributed by atoms with Gasteiger partial charge in [0.05, 0.1) is 0 Å². The lowest BCUT2D eigenvalue weighted by atomic mass is 10.2. The molecule has 0 radical (unpaired) electrons. The minimum absolute atomic E-state index is 0.268. The van der Waals surface area contributed by atoms with Crippen molar-refractivity contribution in [3.05, 3.63) is 51.3 Å². The predicted octanol–water partition coefficient (Wildman–Crippen LogP) is 0.301. The van der Waals surface area contributed by atoms with E-state index < -0.39 is 22.7 Å². The zero-order valence-electron chi connectivity index (χ0n) is 10.9. The van der Waals surface area contributed by atoms with Gasteiger partial charge in [-0.2, -0.15) is 4.68 Å². The van der Waals surface area contributed by atoms with Crippen LogP contribution in [-0.4, -0.2) is 31.5 Å². The van der Waals surface area contributed by atoms with E-state index in [0.29, 0.717) is 5.02 Å². The summed E-state index contributed by atoms with van der Waals surface area (Å²) in [4.78, 5) is 36.3. The maximum absolute atomic E-state index is 11.7. The maximum Gasteiger partial charge on any atom is 0.490 e. The molecule has 2 aromatic rings. The van der Waals surface area contributed by atoms with Gasteiger partial charge in [0.25, 0.3) is 11.8 Å². The molecule has 2 N–H and O–H groups in total. The lowest BCUT2D eigenvalue weighted by Crippen LogP contribution is -2.43. The van der Waals surface area contributed by atoms with Crippen LogP contribution in [0.3, 0.4) is 0 Å². The average molecular weight is 325 g/mol. The molecule has 114 valence electrons. The number of amides is 2. The van der Waals surface area contributed by atoms with E-state index in [4.69, 9.17) is 11.6 Å². The molecule has 0 unspecified atom stereocenters. The molecule has 10 nitrogen and oxygen atoms in total. The summed E-state index contributed by atoms with van der Waals surface area (Å²) < 4.78 is 0.971. The number of nitrogens with zero attached hydrogens (tertiary/aromatic N) is 4. The van der Waals surface area contributed by atoms with Crippen molar-refractivity contribution in [2.45, 2.75) is 6.54 Å². The number of rotatable bonds is 4. The topological polar surface area (TPSA) is 132 Å². The van der Waals surface area contributed by atoms with E-state index in [1.54, 1.807) is 12.1 Å². The fourth-order valence-electron chi connectivity index (χ4n) is 1.46. The summed E-state index contributed by atoms with van der Waals surface area (Å²) in [6.07, 6.45) is 1.04. The van der Waals surface area contributed by atoms with Crippen LogP contribution < -0.4 is 10.9 Å². The summed E-state index contributed by atoms with van der Waals surface area (Å²) >= 11 is 5.75. The number of hydrogen-bond donors (Lipinski definition) is 2. The molecule has 0 spiro atoms. The van der Waals surface area contributed by atoms with Crippen LogP contribution in [0.5, 0.6) is 0 Å². The fourth-order valence-corrected chi connectivity index (χ4v) is 1.65. The Hall–Kier alpha value is -3.01. The summed E-state index contributed by atoms with van der Waals surface area (Å²) in [5.41, 5.74) is 4.60. The number of carbonyl (C=O) groups excluding carboxylic acids is 2. The number of halogens is 1. The van der Waals surface area contributed by atoms with Crippen molar-refractivity contribution >= 4 is 29.4 Å². The molecule has 0 aliphatic heterocycles. The van der Waals surface area contributed by atoms with Gasteiger partial charge < -0.3 is 10.1 Å². The summed E-state index contributed by atoms with van der Waals surface area (Å²) in [5.74, 6) is -1.80. The monoisotopic (exact) mass is 324 g/mol. The third-order valence-electron chi connectivity index (χ3n) is 2.40. The maximum atomic E-state index is 11.7. The molecule has 22 heavy (non-hydrogen) atoms. The first-order valence-corrected chi connectivity index (χ1v) is 6.22. The van der Waals surface area contributed by atoms with Gasteiger partial charge in [0.2, 0.25) is 6.33 Å². The molecular weight excluding hydrogens is 316 g/mol. The van der Waals surface area contributed by atoms with E-state index in [2.05, 4.69) is 20.9 Å². The fraction of sp³-hybridized carbons (Fsp3) is 0.0909. The highest BCUT2D eigenvalue weighted by Gasteiger charge is 2.15. The number of nitro groups is 1. The van der Waals surface area contributed by atoms with Gasteiger partial charge in [0, 0.05) is 15.7 Å². The average Bonchev–Trinajstić information content (AvgIpc) is 2.93. The Morgan fingerprint density at radius 2 is 2.14 bits per heavy atom. The van der Waals surface area contributed by atoms with Gasteiger partial charge >= 0.3 is 5.95 Å². The van der Waals surface area contributed by atoms with Crippen molar-refractivity contribution in [2.75, 3.05) is 0 Å². The Kier molecular flexibility index (Phi) is 4.63. The van der Waals surface area contributed by atoms with Crippen LogP contribution in [-0.2, 0) is 11.3 Å². The molecule has 0 aliphatic rings. The molecule has 0 fully saturated rings. The molecule has 1 aromatic carbocycles. The van der Waals surface area contributed by atoms with E-state index in [9.17, 15) is 19.7 Å². The molecule has 0 saturated carbocycles. The summed E-state index contributed by atoms with van der Waals surface area (Å²) in [5, 5.41) is 14.2. The molecule has 11 heteroatoms. The molecule has 0 aliphatic carbocycles. The SMILES string of the molecule is O=C(Cn1cnc([N+](=O)[O-])n1)NNC(=O)c1cccc(Cl)c1. The minimum atomic E-state index is -0.782. The number of hydrogen-bond acceptors (Lipinski definition) is 6. The number of aromatic nitrogens is 3. The Morgan fingerprint density at radius 3 is 2.77 bits per heavy atom. The molecule has 1 heterocycles. The normalized spacial score (nSPS) is 10.0. The van der Waals surface area contributed by atoms with Crippen LogP contribution in [0, 0.1) is 10.1 Å². The highest BCUT2D eigenvalue weighted by molar-refractivity contribution is 6.30. The quantitative estimate of drug-likeness (QED) is 0.614. The summed E-state index contributed by atoms with van der Waals surface area (Å²) in [6, 6.07) is 6.15. The standard InChI is InChI=1S/C11H9ClN6O4/c12-8-3-1-2-7(4-8)10(20)15-14-9(19)5-17-6-13-11(16-17)18(21)22/h1-4,6H,5H2,(H,14,19)(H,15,20). The highest BCUT2D eigenvalue weighted by atomic mass is 35.5. The van der Waals surface area contributed by atoms with Crippen LogP contribution in [0.15, 0.2) is 30.6 Å². The van der Waals surface area contributed by atoms with Crippen LogP contribution >= 0.6 is 11.6 Å². The van der Waals surface area contributed by atoms with E-state index >= 15 is 0 Å². The van der Waals surface area contributed by atoms with E-state index in [1.807, 2.05) is 0 Å². The van der Waals surface area contributed by atoms with E-state index in [-0.39, 0.29) is 12.1 Å². The molecule has 0 saturated heterocycles. The zero-order chi connectivity index (χ0) is 16.1. The smallest absolute Gasteiger partial charge is 0.390 e. The lowest BCUT2D eigenvalue weighted by molar-refractivity contribution is -0.394. The number of nitrogens with one attached hydrogen (secondary N) is 2. The second-order valence-electron chi connectivity index (χ2n) is 4.01. The third-order valence-corrected chi connectivity index (χ3v) is 2.63. The lowest BCUT2D eigenvalue weighted by Gasteiger charge is -2.06. The van der Waals surface area contributed by atoms with Crippen LogP contribution in [0.25, 0.3) is 0 Å². The first-order chi connectivity index (χ1) is 10.5. The van der Waals surface area contributed by atoms with Crippen molar-refractivity contribution in [3.63, 3.8) is 0 Å². The van der Waals surface area contributed by atoms with Crippen molar-refractivity contribution in [1.82, 2.24) is 25.6 Å². The van der Waals surface area contributed by atoms with Crippen LogP contribution in [0.4, 0.5) is 5.95 Å². The van der Waals surface area contributed by atoms with E-state index in [1.165, 1.54) is 12.1 Å². The molecule has 0 atom stereocenters. The van der Waals surface area contributed by atoms with Gasteiger partial charge in [-0.15, -0.1) is 0 Å². The predicted molar refractivity (Wildman–Crippen MR) is 73.7 cm³/mol. The Bertz CT molecular complexity index is 731. The number of hydrazine groups is 1.